The van der Waals surface area contributed by atoms with Gasteiger partial charge in [0.05, 0.1) is 0 Å². The molecule has 1 aromatic carbocycles. The summed E-state index contributed by atoms with van der Waals surface area (Å²) in [6.45, 7) is 15.5. The zero-order valence-electron chi connectivity index (χ0n) is 13.4. The molecule has 1 N–H and O–H groups in total. The zero-order chi connectivity index (χ0) is 14.8. The molecule has 0 aliphatic heterocycles. The number of hydrogen-bond acceptors (Lipinski definition) is 1. The molecule has 1 rings (SSSR count). The lowest BCUT2D eigenvalue weighted by Gasteiger charge is -2.30. The number of halogens is 1. The van der Waals surface area contributed by atoms with Crippen molar-refractivity contribution in [2.24, 2.45) is 0 Å². The molecule has 0 aliphatic rings. The van der Waals surface area contributed by atoms with Crippen LogP contribution in [0.2, 0.25) is 0 Å². The van der Waals surface area contributed by atoms with Crippen LogP contribution in [0.3, 0.4) is 0 Å². The summed E-state index contributed by atoms with van der Waals surface area (Å²) in [5, 5.41) is 3.48. The number of benzene rings is 1. The van der Waals surface area contributed by atoms with Crippen LogP contribution in [0.5, 0.6) is 0 Å². The van der Waals surface area contributed by atoms with Crippen LogP contribution in [0.1, 0.15) is 57.7 Å². The van der Waals surface area contributed by atoms with Gasteiger partial charge in [-0.05, 0) is 75.8 Å². The van der Waals surface area contributed by atoms with Crippen molar-refractivity contribution in [2.75, 3.05) is 6.54 Å². The van der Waals surface area contributed by atoms with Gasteiger partial charge in [0.2, 0.25) is 0 Å². The third-order valence-electron chi connectivity index (χ3n) is 3.51. The predicted octanol–water partition coefficient (Wildman–Crippen LogP) is 4.50. The van der Waals surface area contributed by atoms with Gasteiger partial charge in [-0.15, -0.1) is 0 Å². The maximum absolute atomic E-state index is 14.2. The Balaban J connectivity index is 2.88. The Kier molecular flexibility index (Phi) is 4.78. The molecule has 0 unspecified atom stereocenters. The molecule has 0 bridgehead atoms. The summed E-state index contributed by atoms with van der Waals surface area (Å²) in [4.78, 5) is 0. The maximum atomic E-state index is 14.2. The Morgan fingerprint density at radius 1 is 1.05 bits per heavy atom. The fraction of sp³-hybridized carbons (Fsp3) is 0.647. The molecule has 0 aromatic heterocycles. The Hall–Kier alpha value is -0.890. The van der Waals surface area contributed by atoms with Crippen molar-refractivity contribution in [1.82, 2.24) is 5.32 Å². The van der Waals surface area contributed by atoms with E-state index >= 15 is 0 Å². The van der Waals surface area contributed by atoms with Gasteiger partial charge in [-0.1, -0.05) is 19.9 Å². The van der Waals surface area contributed by atoms with E-state index in [2.05, 4.69) is 46.0 Å². The first-order chi connectivity index (χ1) is 8.53. The van der Waals surface area contributed by atoms with E-state index in [1.165, 1.54) is 0 Å². The van der Waals surface area contributed by atoms with E-state index in [4.69, 9.17) is 0 Å². The van der Waals surface area contributed by atoms with Crippen molar-refractivity contribution in [2.45, 2.75) is 65.8 Å². The monoisotopic (exact) mass is 265 g/mol. The van der Waals surface area contributed by atoms with Crippen molar-refractivity contribution in [3.05, 3.63) is 34.6 Å². The molecule has 1 aromatic rings. The van der Waals surface area contributed by atoms with E-state index in [-0.39, 0.29) is 16.8 Å². The lowest BCUT2D eigenvalue weighted by Crippen LogP contribution is -2.38. The number of aryl methyl sites for hydroxylation is 2. The molecule has 0 saturated heterocycles. The van der Waals surface area contributed by atoms with Gasteiger partial charge in [-0.25, -0.2) is 4.39 Å². The third-order valence-corrected chi connectivity index (χ3v) is 3.51. The molecule has 0 aliphatic carbocycles. The fourth-order valence-electron chi connectivity index (χ4n) is 2.65. The molecule has 19 heavy (non-hydrogen) atoms. The molecular formula is C17H28FN. The van der Waals surface area contributed by atoms with Crippen LogP contribution in [0, 0.1) is 19.7 Å². The molecule has 0 amide bonds. The van der Waals surface area contributed by atoms with Gasteiger partial charge in [0, 0.05) is 5.54 Å². The molecular weight excluding hydrogens is 237 g/mol. The summed E-state index contributed by atoms with van der Waals surface area (Å²) in [6, 6.07) is 3.71. The molecule has 2 heteroatoms. The molecule has 108 valence electrons. The molecule has 0 saturated carbocycles. The van der Waals surface area contributed by atoms with Gasteiger partial charge in [-0.3, -0.25) is 0 Å². The first kappa shape index (κ1) is 16.2. The van der Waals surface area contributed by atoms with Crippen molar-refractivity contribution < 1.29 is 4.39 Å². The quantitative estimate of drug-likeness (QED) is 0.845. The average Bonchev–Trinajstić information content (AvgIpc) is 2.11. The van der Waals surface area contributed by atoms with Crippen LogP contribution in [0.15, 0.2) is 12.1 Å². The highest BCUT2D eigenvalue weighted by atomic mass is 19.1. The van der Waals surface area contributed by atoms with Crippen LogP contribution in [-0.4, -0.2) is 12.1 Å². The summed E-state index contributed by atoms with van der Waals surface area (Å²) in [7, 11) is 0. The summed E-state index contributed by atoms with van der Waals surface area (Å²) in [5.74, 6) is -0.0711. The van der Waals surface area contributed by atoms with E-state index < -0.39 is 0 Å². The smallest absolute Gasteiger partial charge is 0.127 e. The van der Waals surface area contributed by atoms with Gasteiger partial charge in [-0.2, -0.15) is 0 Å². The lowest BCUT2D eigenvalue weighted by molar-refractivity contribution is 0.372. The van der Waals surface area contributed by atoms with E-state index in [1.807, 2.05) is 13.8 Å². The minimum Gasteiger partial charge on any atom is -0.312 e. The van der Waals surface area contributed by atoms with Gasteiger partial charge < -0.3 is 5.32 Å². The summed E-state index contributed by atoms with van der Waals surface area (Å²) in [6.07, 6.45) is 0.922. The van der Waals surface area contributed by atoms with Crippen molar-refractivity contribution in [3.8, 4) is 0 Å². The minimum absolute atomic E-state index is 0.0711. The van der Waals surface area contributed by atoms with Crippen molar-refractivity contribution in [1.29, 1.82) is 0 Å². The first-order valence-corrected chi connectivity index (χ1v) is 7.05. The van der Waals surface area contributed by atoms with Crippen LogP contribution in [-0.2, 0) is 5.41 Å². The molecule has 0 fully saturated rings. The van der Waals surface area contributed by atoms with Gasteiger partial charge in [0.25, 0.3) is 0 Å². The molecule has 0 radical (unpaired) electrons. The van der Waals surface area contributed by atoms with E-state index in [0.717, 1.165) is 29.7 Å². The molecule has 1 nitrogen and oxygen atoms in total. The summed E-state index contributed by atoms with van der Waals surface area (Å²) < 4.78 is 14.2. The summed E-state index contributed by atoms with van der Waals surface area (Å²) in [5.41, 5.74) is 2.85. The zero-order valence-corrected chi connectivity index (χ0v) is 13.4. The number of hydrogen-bond donors (Lipinski definition) is 1. The lowest BCUT2D eigenvalue weighted by atomic mass is 9.78. The summed E-state index contributed by atoms with van der Waals surface area (Å²) >= 11 is 0. The van der Waals surface area contributed by atoms with E-state index in [0.29, 0.717) is 0 Å². The van der Waals surface area contributed by atoms with Crippen LogP contribution in [0.4, 0.5) is 4.39 Å². The Morgan fingerprint density at radius 3 is 2.11 bits per heavy atom. The van der Waals surface area contributed by atoms with Crippen molar-refractivity contribution >= 4 is 0 Å². The Labute approximate surface area is 117 Å². The van der Waals surface area contributed by atoms with E-state index in [1.54, 1.807) is 6.07 Å². The second kappa shape index (κ2) is 5.62. The molecule has 0 spiro atoms. The third kappa shape index (κ3) is 4.61. The second-order valence-electron chi connectivity index (χ2n) is 7.25. The second-order valence-corrected chi connectivity index (χ2v) is 7.25. The number of nitrogens with one attached hydrogen (secondary N) is 1. The number of rotatable bonds is 4. The van der Waals surface area contributed by atoms with Gasteiger partial charge in [0.15, 0.2) is 0 Å². The SMILES string of the molecule is Cc1cc(C)c(C(C)(C)CCNC(C)(C)C)c(F)c1. The van der Waals surface area contributed by atoms with Crippen LogP contribution < -0.4 is 5.32 Å². The first-order valence-electron chi connectivity index (χ1n) is 7.05. The van der Waals surface area contributed by atoms with Gasteiger partial charge in [0.1, 0.15) is 5.82 Å². The highest BCUT2D eigenvalue weighted by molar-refractivity contribution is 5.37. The standard InChI is InChI=1S/C17H28FN/c1-12-10-13(2)15(14(18)11-12)17(6,7)8-9-19-16(3,4)5/h10-11,19H,8-9H2,1-7H3. The molecule has 0 heterocycles. The highest BCUT2D eigenvalue weighted by Gasteiger charge is 2.26. The minimum atomic E-state index is -0.153. The predicted molar refractivity (Wildman–Crippen MR) is 81.3 cm³/mol. The highest BCUT2D eigenvalue weighted by Crippen LogP contribution is 2.32. The van der Waals surface area contributed by atoms with Crippen molar-refractivity contribution in [3.63, 3.8) is 0 Å². The maximum Gasteiger partial charge on any atom is 0.127 e. The van der Waals surface area contributed by atoms with Crippen LogP contribution >= 0.6 is 0 Å². The fourth-order valence-corrected chi connectivity index (χ4v) is 2.65. The topological polar surface area (TPSA) is 12.0 Å². The van der Waals surface area contributed by atoms with E-state index in [9.17, 15) is 4.39 Å². The molecule has 0 atom stereocenters. The van der Waals surface area contributed by atoms with Gasteiger partial charge >= 0.3 is 0 Å². The normalized spacial score (nSPS) is 12.8. The Morgan fingerprint density at radius 2 is 1.63 bits per heavy atom. The Bertz CT molecular complexity index is 418. The largest absolute Gasteiger partial charge is 0.312 e. The average molecular weight is 265 g/mol. The van der Waals surface area contributed by atoms with Crippen LogP contribution in [0.25, 0.3) is 0 Å².